The summed E-state index contributed by atoms with van der Waals surface area (Å²) in [5.41, 5.74) is -1.52. The van der Waals surface area contributed by atoms with Crippen LogP contribution in [0.1, 0.15) is 38.1 Å². The maximum Gasteiger partial charge on any atom is 0.345 e. The third-order valence-electron chi connectivity index (χ3n) is 2.82. The number of carbonyl (C=O) groups is 2. The van der Waals surface area contributed by atoms with Gasteiger partial charge in [-0.05, 0) is 33.8 Å². The molecule has 0 aliphatic heterocycles. The number of halogens is 3. The van der Waals surface area contributed by atoms with Crippen LogP contribution in [-0.4, -0.2) is 31.1 Å². The number of benzene rings is 1. The van der Waals surface area contributed by atoms with Crippen LogP contribution in [0.5, 0.6) is 5.75 Å². The third-order valence-corrected chi connectivity index (χ3v) is 2.82. The van der Waals surface area contributed by atoms with E-state index in [1.54, 1.807) is 6.92 Å². The van der Waals surface area contributed by atoms with Gasteiger partial charge in [0.05, 0.1) is 24.9 Å². The second kappa shape index (κ2) is 9.10. The first-order chi connectivity index (χ1) is 11.7. The number of rotatable bonds is 8. The van der Waals surface area contributed by atoms with Crippen LogP contribution in [0.25, 0.3) is 0 Å². The molecule has 0 spiro atoms. The van der Waals surface area contributed by atoms with Gasteiger partial charge in [0.25, 0.3) is 0 Å². The average Bonchev–Trinajstić information content (AvgIpc) is 2.55. The van der Waals surface area contributed by atoms with E-state index in [1.165, 1.54) is 20.8 Å². The minimum absolute atomic E-state index is 0.0441. The largest absolute Gasteiger partial charge is 0.500 e. The lowest BCUT2D eigenvalue weighted by Crippen LogP contribution is -2.19. The highest BCUT2D eigenvalue weighted by Crippen LogP contribution is 2.29. The molecule has 25 heavy (non-hydrogen) atoms. The van der Waals surface area contributed by atoms with Gasteiger partial charge < -0.3 is 14.2 Å². The molecule has 8 heteroatoms. The van der Waals surface area contributed by atoms with Crippen molar-refractivity contribution in [2.75, 3.05) is 13.2 Å². The summed E-state index contributed by atoms with van der Waals surface area (Å²) in [6.45, 7) is 6.13. The van der Waals surface area contributed by atoms with Gasteiger partial charge in [0.1, 0.15) is 11.8 Å². The van der Waals surface area contributed by atoms with Crippen molar-refractivity contribution in [3.8, 4) is 5.75 Å². The van der Waals surface area contributed by atoms with E-state index in [4.69, 9.17) is 14.2 Å². The minimum atomic E-state index is -1.56. The number of Topliss-reactive ketones (excluding diaryl/α,β-unsaturated/α-hetero) is 1. The highest BCUT2D eigenvalue weighted by molar-refractivity contribution is 6.24. The summed E-state index contributed by atoms with van der Waals surface area (Å²) in [5.74, 6) is -7.77. The predicted octanol–water partition coefficient (Wildman–Crippen LogP) is 3.56. The SMILES string of the molecule is CCOC=C(C(=O)OCC)C(=O)c1cc(F)c(F)c(OC(C)C)c1F. The minimum Gasteiger partial charge on any atom is -0.500 e. The predicted molar refractivity (Wildman–Crippen MR) is 82.8 cm³/mol. The van der Waals surface area contributed by atoms with E-state index in [-0.39, 0.29) is 13.2 Å². The number of hydrogen-bond acceptors (Lipinski definition) is 5. The van der Waals surface area contributed by atoms with Crippen LogP contribution >= 0.6 is 0 Å². The Balaban J connectivity index is 3.43. The molecule has 0 aromatic heterocycles. The Labute approximate surface area is 143 Å². The standard InChI is InChI=1S/C17H19F3O5/c1-5-23-8-11(17(22)24-6-2)15(21)10-7-12(18)14(20)16(13(10)19)25-9(3)4/h7-9H,5-6H2,1-4H3. The molecule has 1 aromatic rings. The molecule has 0 bridgehead atoms. The molecule has 138 valence electrons. The van der Waals surface area contributed by atoms with E-state index in [0.717, 1.165) is 6.26 Å². The molecule has 0 amide bonds. The number of carbonyl (C=O) groups excluding carboxylic acids is 2. The monoisotopic (exact) mass is 360 g/mol. The molecule has 0 saturated heterocycles. The molecular weight excluding hydrogens is 341 g/mol. The maximum absolute atomic E-state index is 14.5. The van der Waals surface area contributed by atoms with Crippen LogP contribution < -0.4 is 4.74 Å². The van der Waals surface area contributed by atoms with Crippen molar-refractivity contribution in [3.05, 3.63) is 40.9 Å². The Morgan fingerprint density at radius 1 is 1.12 bits per heavy atom. The molecule has 1 aromatic carbocycles. The zero-order chi connectivity index (χ0) is 19.1. The summed E-state index contributed by atoms with van der Waals surface area (Å²) < 4.78 is 56.5. The van der Waals surface area contributed by atoms with Crippen LogP contribution in [0.2, 0.25) is 0 Å². The van der Waals surface area contributed by atoms with Gasteiger partial charge in [-0.2, -0.15) is 4.39 Å². The zero-order valence-corrected chi connectivity index (χ0v) is 14.3. The van der Waals surface area contributed by atoms with Crippen molar-refractivity contribution in [2.45, 2.75) is 33.8 Å². The fourth-order valence-electron chi connectivity index (χ4n) is 1.80. The maximum atomic E-state index is 14.5. The molecule has 0 saturated carbocycles. The van der Waals surface area contributed by atoms with Gasteiger partial charge in [-0.3, -0.25) is 4.79 Å². The Morgan fingerprint density at radius 2 is 1.76 bits per heavy atom. The molecule has 0 unspecified atom stereocenters. The van der Waals surface area contributed by atoms with Crippen LogP contribution in [0.4, 0.5) is 13.2 Å². The number of ether oxygens (including phenoxy) is 3. The topological polar surface area (TPSA) is 61.8 Å². The zero-order valence-electron chi connectivity index (χ0n) is 14.3. The molecule has 0 N–H and O–H groups in total. The normalized spacial score (nSPS) is 11.4. The second-order valence-corrected chi connectivity index (χ2v) is 5.07. The molecular formula is C17H19F3O5. The Kier molecular flexibility index (Phi) is 7.47. The molecule has 0 fully saturated rings. The Bertz CT molecular complexity index is 683. The molecule has 0 atom stereocenters. The van der Waals surface area contributed by atoms with Crippen molar-refractivity contribution in [1.82, 2.24) is 0 Å². The Hall–Kier alpha value is -2.51. The second-order valence-electron chi connectivity index (χ2n) is 5.07. The highest BCUT2D eigenvalue weighted by Gasteiger charge is 2.30. The molecule has 0 aliphatic rings. The molecule has 0 aliphatic carbocycles. The van der Waals surface area contributed by atoms with E-state index in [0.29, 0.717) is 6.07 Å². The lowest BCUT2D eigenvalue weighted by Gasteiger charge is -2.14. The summed E-state index contributed by atoms with van der Waals surface area (Å²) in [6.07, 6.45) is 0.126. The van der Waals surface area contributed by atoms with Gasteiger partial charge in [-0.15, -0.1) is 0 Å². The van der Waals surface area contributed by atoms with Crippen LogP contribution in [0.3, 0.4) is 0 Å². The number of esters is 1. The van der Waals surface area contributed by atoms with Crippen molar-refractivity contribution in [1.29, 1.82) is 0 Å². The molecule has 5 nitrogen and oxygen atoms in total. The first-order valence-corrected chi connectivity index (χ1v) is 7.62. The first-order valence-electron chi connectivity index (χ1n) is 7.62. The molecule has 0 radical (unpaired) electrons. The lowest BCUT2D eigenvalue weighted by molar-refractivity contribution is -0.138. The van der Waals surface area contributed by atoms with Gasteiger partial charge in [-0.25, -0.2) is 13.6 Å². The summed E-state index contributed by atoms with van der Waals surface area (Å²) in [6, 6.07) is 0.360. The Morgan fingerprint density at radius 3 is 2.28 bits per heavy atom. The quantitative estimate of drug-likeness (QED) is 0.135. The molecule has 0 heterocycles. The highest BCUT2D eigenvalue weighted by atomic mass is 19.2. The fraction of sp³-hybridized carbons (Fsp3) is 0.412. The first kappa shape index (κ1) is 20.5. The van der Waals surface area contributed by atoms with E-state index in [9.17, 15) is 22.8 Å². The van der Waals surface area contributed by atoms with Crippen LogP contribution in [-0.2, 0) is 14.3 Å². The van der Waals surface area contributed by atoms with E-state index in [2.05, 4.69) is 0 Å². The van der Waals surface area contributed by atoms with E-state index >= 15 is 0 Å². The van der Waals surface area contributed by atoms with Gasteiger partial charge in [-0.1, -0.05) is 0 Å². The van der Waals surface area contributed by atoms with E-state index in [1.807, 2.05) is 0 Å². The van der Waals surface area contributed by atoms with Gasteiger partial charge in [0, 0.05) is 0 Å². The molecule has 1 rings (SSSR count). The smallest absolute Gasteiger partial charge is 0.345 e. The summed E-state index contributed by atoms with van der Waals surface area (Å²) in [7, 11) is 0. The lowest BCUT2D eigenvalue weighted by atomic mass is 10.0. The number of hydrogen-bond donors (Lipinski definition) is 0. The van der Waals surface area contributed by atoms with Crippen LogP contribution in [0, 0.1) is 17.5 Å². The summed E-state index contributed by atoms with van der Waals surface area (Å²) in [5, 5.41) is 0. The van der Waals surface area contributed by atoms with E-state index < -0.39 is 52.2 Å². The van der Waals surface area contributed by atoms with Gasteiger partial charge in [0.15, 0.2) is 17.4 Å². The summed E-state index contributed by atoms with van der Waals surface area (Å²) in [4.78, 5) is 24.3. The van der Waals surface area contributed by atoms with Crippen LogP contribution in [0.15, 0.2) is 17.9 Å². The van der Waals surface area contributed by atoms with Crippen molar-refractivity contribution >= 4 is 11.8 Å². The van der Waals surface area contributed by atoms with Crippen molar-refractivity contribution in [3.63, 3.8) is 0 Å². The van der Waals surface area contributed by atoms with Crippen molar-refractivity contribution in [2.24, 2.45) is 0 Å². The fourth-order valence-corrected chi connectivity index (χ4v) is 1.80. The average molecular weight is 360 g/mol. The summed E-state index contributed by atoms with van der Waals surface area (Å²) >= 11 is 0. The van der Waals surface area contributed by atoms with Gasteiger partial charge in [0.2, 0.25) is 11.6 Å². The third kappa shape index (κ3) is 4.98. The number of ketones is 1. The van der Waals surface area contributed by atoms with Gasteiger partial charge >= 0.3 is 5.97 Å². The van der Waals surface area contributed by atoms with Crippen molar-refractivity contribution < 1.29 is 37.0 Å².